The smallest absolute Gasteiger partial charge is 0.320 e. The normalized spacial score (nSPS) is 30.4. The van der Waals surface area contributed by atoms with E-state index < -0.39 is 11.9 Å². The Kier molecular flexibility index (Phi) is 5.05. The number of nitrogens with zero attached hydrogens (tertiary/aromatic N) is 3. The molecule has 7 nitrogen and oxygen atoms in total. The zero-order valence-electron chi connectivity index (χ0n) is 13.0. The molecular weight excluding hydrogens is 274 g/mol. The van der Waals surface area contributed by atoms with E-state index in [0.29, 0.717) is 25.7 Å². The molecule has 0 aromatic heterocycles. The molecule has 21 heavy (non-hydrogen) atoms. The number of aliphatic carboxylic acids is 1. The number of likely N-dealkylation sites (N-methyl/N-ethyl adjacent to an activating group) is 2. The van der Waals surface area contributed by atoms with Crippen molar-refractivity contribution in [3.8, 4) is 0 Å². The Labute approximate surface area is 125 Å². The van der Waals surface area contributed by atoms with Crippen molar-refractivity contribution in [2.45, 2.75) is 25.4 Å². The Hall–Kier alpha value is -1.34. The highest BCUT2D eigenvalue weighted by Crippen LogP contribution is 2.21. The summed E-state index contributed by atoms with van der Waals surface area (Å²) in [7, 11) is 3.75. The summed E-state index contributed by atoms with van der Waals surface area (Å²) < 4.78 is 5.25. The highest BCUT2D eigenvalue weighted by molar-refractivity contribution is 5.77. The summed E-state index contributed by atoms with van der Waals surface area (Å²) in [5.41, 5.74) is 0. The summed E-state index contributed by atoms with van der Waals surface area (Å²) in [6.45, 7) is 4.82. The van der Waals surface area contributed by atoms with Gasteiger partial charge in [0.25, 0.3) is 0 Å². The summed E-state index contributed by atoms with van der Waals surface area (Å²) in [6, 6.07) is -0.107. The summed E-state index contributed by atoms with van der Waals surface area (Å²) in [5, 5.41) is 9.20. The number of carboxylic acids is 1. The van der Waals surface area contributed by atoms with Gasteiger partial charge in [0.2, 0.25) is 0 Å². The van der Waals surface area contributed by atoms with Crippen LogP contribution in [0.1, 0.15) is 13.3 Å². The minimum atomic E-state index is -0.901. The number of ether oxygens (including phenoxy) is 1. The van der Waals surface area contributed by atoms with Crippen molar-refractivity contribution >= 4 is 12.0 Å². The molecule has 0 aromatic rings. The van der Waals surface area contributed by atoms with Crippen LogP contribution in [-0.4, -0.2) is 90.8 Å². The lowest BCUT2D eigenvalue weighted by Gasteiger charge is -2.41. The van der Waals surface area contributed by atoms with E-state index in [4.69, 9.17) is 4.74 Å². The maximum Gasteiger partial charge on any atom is 0.320 e. The fourth-order valence-corrected chi connectivity index (χ4v) is 3.09. The van der Waals surface area contributed by atoms with Crippen molar-refractivity contribution in [1.82, 2.24) is 14.7 Å². The molecule has 3 atom stereocenters. The van der Waals surface area contributed by atoms with Gasteiger partial charge in [0.15, 0.2) is 0 Å². The monoisotopic (exact) mass is 299 g/mol. The number of carboxylic acid groups (broad SMARTS) is 1. The van der Waals surface area contributed by atoms with Crippen molar-refractivity contribution in [3.63, 3.8) is 0 Å². The molecule has 2 amide bonds. The molecule has 2 aliphatic heterocycles. The molecule has 3 unspecified atom stereocenters. The van der Waals surface area contributed by atoms with Gasteiger partial charge in [0.05, 0.1) is 19.3 Å². The van der Waals surface area contributed by atoms with Crippen LogP contribution >= 0.6 is 0 Å². The van der Waals surface area contributed by atoms with Crippen LogP contribution in [-0.2, 0) is 9.53 Å². The summed E-state index contributed by atoms with van der Waals surface area (Å²) >= 11 is 0. The molecule has 2 fully saturated rings. The molecule has 2 rings (SSSR count). The number of rotatable bonds is 3. The third-order valence-corrected chi connectivity index (χ3v) is 4.69. The summed E-state index contributed by atoms with van der Waals surface area (Å²) in [6.07, 6.45) is 0.994. The van der Waals surface area contributed by atoms with Crippen LogP contribution in [0, 0.1) is 5.92 Å². The Bertz CT molecular complexity index is 404. The molecule has 0 saturated carbocycles. The molecule has 2 heterocycles. The quantitative estimate of drug-likeness (QED) is 0.804. The van der Waals surface area contributed by atoms with Gasteiger partial charge in [0.1, 0.15) is 5.92 Å². The highest BCUT2D eigenvalue weighted by Gasteiger charge is 2.40. The van der Waals surface area contributed by atoms with Gasteiger partial charge >= 0.3 is 12.0 Å². The standard InChI is InChI=1S/C14H25N3O4/c1-4-10-7-17(6-5-15(10)2)14(20)16(3)12-9-21-8-11(12)13(18)19/h10-12H,4-9H2,1-3H3,(H,18,19). The lowest BCUT2D eigenvalue weighted by Crippen LogP contribution is -2.57. The molecule has 1 N–H and O–H groups in total. The Morgan fingerprint density at radius 2 is 2.05 bits per heavy atom. The second-order valence-corrected chi connectivity index (χ2v) is 5.93. The molecule has 2 saturated heterocycles. The third kappa shape index (κ3) is 3.29. The number of amides is 2. The molecule has 120 valence electrons. The van der Waals surface area contributed by atoms with Gasteiger partial charge in [0, 0.05) is 32.7 Å². The van der Waals surface area contributed by atoms with E-state index in [1.54, 1.807) is 11.9 Å². The summed E-state index contributed by atoms with van der Waals surface area (Å²) in [5.74, 6) is -1.53. The van der Waals surface area contributed by atoms with Gasteiger partial charge < -0.3 is 19.6 Å². The van der Waals surface area contributed by atoms with Crippen molar-refractivity contribution in [1.29, 1.82) is 0 Å². The maximum atomic E-state index is 12.6. The first kappa shape index (κ1) is 16.0. The van der Waals surface area contributed by atoms with E-state index in [-0.39, 0.29) is 18.7 Å². The van der Waals surface area contributed by atoms with Gasteiger partial charge in [-0.1, -0.05) is 6.92 Å². The van der Waals surface area contributed by atoms with E-state index in [2.05, 4.69) is 18.9 Å². The van der Waals surface area contributed by atoms with Crippen LogP contribution in [0.15, 0.2) is 0 Å². The predicted molar refractivity (Wildman–Crippen MR) is 77.2 cm³/mol. The van der Waals surface area contributed by atoms with Crippen molar-refractivity contribution < 1.29 is 19.4 Å². The first-order valence-corrected chi connectivity index (χ1v) is 7.48. The fourth-order valence-electron chi connectivity index (χ4n) is 3.09. The molecule has 0 bridgehead atoms. The SMILES string of the molecule is CCC1CN(C(=O)N(C)C2COCC2C(=O)O)CCN1C. The average Bonchev–Trinajstić information content (AvgIpc) is 2.96. The van der Waals surface area contributed by atoms with E-state index in [9.17, 15) is 14.7 Å². The fraction of sp³-hybridized carbons (Fsp3) is 0.857. The zero-order valence-corrected chi connectivity index (χ0v) is 13.0. The number of hydrogen-bond acceptors (Lipinski definition) is 4. The Balaban J connectivity index is 2.00. The highest BCUT2D eigenvalue weighted by atomic mass is 16.5. The van der Waals surface area contributed by atoms with Crippen LogP contribution in [0.2, 0.25) is 0 Å². The first-order valence-electron chi connectivity index (χ1n) is 7.48. The second-order valence-electron chi connectivity index (χ2n) is 5.93. The van der Waals surface area contributed by atoms with Crippen LogP contribution in [0.3, 0.4) is 0 Å². The molecule has 0 aromatic carbocycles. The van der Waals surface area contributed by atoms with Gasteiger partial charge in [-0.05, 0) is 13.5 Å². The lowest BCUT2D eigenvalue weighted by atomic mass is 10.0. The zero-order chi connectivity index (χ0) is 15.6. The Morgan fingerprint density at radius 3 is 2.67 bits per heavy atom. The minimum absolute atomic E-state index is 0.0942. The topological polar surface area (TPSA) is 73.3 Å². The lowest BCUT2D eigenvalue weighted by molar-refractivity contribution is -0.142. The maximum absolute atomic E-state index is 12.6. The van der Waals surface area contributed by atoms with Crippen molar-refractivity contribution in [2.24, 2.45) is 5.92 Å². The number of urea groups is 1. The molecule has 7 heteroatoms. The van der Waals surface area contributed by atoms with E-state index in [0.717, 1.165) is 13.0 Å². The van der Waals surface area contributed by atoms with E-state index in [1.165, 1.54) is 0 Å². The van der Waals surface area contributed by atoms with Crippen LogP contribution in [0.4, 0.5) is 4.79 Å². The van der Waals surface area contributed by atoms with Crippen LogP contribution in [0.5, 0.6) is 0 Å². The molecule has 0 aliphatic carbocycles. The Morgan fingerprint density at radius 1 is 1.33 bits per heavy atom. The predicted octanol–water partition coefficient (Wildman–Crippen LogP) is 0.164. The number of carbonyl (C=O) groups is 2. The van der Waals surface area contributed by atoms with E-state index in [1.807, 2.05) is 4.90 Å². The minimum Gasteiger partial charge on any atom is -0.481 e. The van der Waals surface area contributed by atoms with Gasteiger partial charge in [-0.15, -0.1) is 0 Å². The van der Waals surface area contributed by atoms with Gasteiger partial charge in [-0.3, -0.25) is 9.69 Å². The molecule has 0 radical (unpaired) electrons. The van der Waals surface area contributed by atoms with Crippen molar-refractivity contribution in [2.75, 3.05) is 46.9 Å². The first-order chi connectivity index (χ1) is 9.95. The number of carbonyl (C=O) groups excluding carboxylic acids is 1. The molecular formula is C14H25N3O4. The van der Waals surface area contributed by atoms with Crippen LogP contribution in [0.25, 0.3) is 0 Å². The average molecular weight is 299 g/mol. The van der Waals surface area contributed by atoms with Gasteiger partial charge in [-0.2, -0.15) is 0 Å². The molecule has 2 aliphatic rings. The number of hydrogen-bond donors (Lipinski definition) is 1. The third-order valence-electron chi connectivity index (χ3n) is 4.69. The second kappa shape index (κ2) is 6.62. The van der Waals surface area contributed by atoms with Gasteiger partial charge in [-0.25, -0.2) is 4.79 Å². The van der Waals surface area contributed by atoms with Crippen molar-refractivity contribution in [3.05, 3.63) is 0 Å². The van der Waals surface area contributed by atoms with E-state index >= 15 is 0 Å². The largest absolute Gasteiger partial charge is 0.481 e. The number of piperazine rings is 1. The molecule has 0 spiro atoms. The summed E-state index contributed by atoms with van der Waals surface area (Å²) in [4.78, 5) is 29.5. The van der Waals surface area contributed by atoms with Crippen LogP contribution < -0.4 is 0 Å².